The summed E-state index contributed by atoms with van der Waals surface area (Å²) in [7, 11) is 5.20. The molecular formula is C17H21NO3. The van der Waals surface area contributed by atoms with Gasteiger partial charge in [0.1, 0.15) is 5.75 Å². The van der Waals surface area contributed by atoms with Gasteiger partial charge in [0, 0.05) is 6.04 Å². The summed E-state index contributed by atoms with van der Waals surface area (Å²) in [6.07, 6.45) is 0.826. The largest absolute Gasteiger partial charge is 0.508 e. The maximum atomic E-state index is 9.34. The third kappa shape index (κ3) is 3.67. The normalized spacial score (nSPS) is 12.0. The molecule has 0 saturated heterocycles. The molecular weight excluding hydrogens is 266 g/mol. The molecule has 4 heteroatoms. The van der Waals surface area contributed by atoms with Crippen LogP contribution in [0.2, 0.25) is 0 Å². The first-order chi connectivity index (χ1) is 10.2. The summed E-state index contributed by atoms with van der Waals surface area (Å²) in [5.74, 6) is 1.73. The Hall–Kier alpha value is -2.20. The van der Waals surface area contributed by atoms with Gasteiger partial charge in [-0.2, -0.15) is 0 Å². The van der Waals surface area contributed by atoms with Gasteiger partial charge in [-0.15, -0.1) is 0 Å². The lowest BCUT2D eigenvalue weighted by molar-refractivity contribution is 0.354. The van der Waals surface area contributed by atoms with Crippen molar-refractivity contribution in [3.8, 4) is 17.2 Å². The van der Waals surface area contributed by atoms with E-state index in [4.69, 9.17) is 9.47 Å². The van der Waals surface area contributed by atoms with Crippen LogP contribution in [-0.4, -0.2) is 26.4 Å². The molecule has 4 nitrogen and oxygen atoms in total. The average molecular weight is 287 g/mol. The standard InChI is InChI=1S/C17H21NO3/c1-18-15(10-12-4-7-14(19)8-5-12)13-6-9-16(20-2)17(11-13)21-3/h4-9,11,15,18-19H,10H2,1-3H3. The first-order valence-electron chi connectivity index (χ1n) is 6.85. The van der Waals surface area contributed by atoms with Crippen LogP contribution in [0, 0.1) is 0 Å². The summed E-state index contributed by atoms with van der Waals surface area (Å²) in [4.78, 5) is 0. The molecule has 0 aromatic heterocycles. The Morgan fingerprint density at radius 3 is 2.24 bits per heavy atom. The van der Waals surface area contributed by atoms with Crippen molar-refractivity contribution in [3.05, 3.63) is 53.6 Å². The van der Waals surface area contributed by atoms with Crippen molar-refractivity contribution < 1.29 is 14.6 Å². The lowest BCUT2D eigenvalue weighted by Crippen LogP contribution is -2.18. The Morgan fingerprint density at radius 2 is 1.67 bits per heavy atom. The molecule has 1 atom stereocenters. The monoisotopic (exact) mass is 287 g/mol. The summed E-state index contributed by atoms with van der Waals surface area (Å²) in [6.45, 7) is 0. The number of rotatable bonds is 6. The van der Waals surface area contributed by atoms with E-state index < -0.39 is 0 Å². The minimum absolute atomic E-state index is 0.161. The highest BCUT2D eigenvalue weighted by atomic mass is 16.5. The molecule has 21 heavy (non-hydrogen) atoms. The number of ether oxygens (including phenoxy) is 2. The van der Waals surface area contributed by atoms with Crippen LogP contribution in [0.4, 0.5) is 0 Å². The summed E-state index contributed by atoms with van der Waals surface area (Å²) >= 11 is 0. The van der Waals surface area contributed by atoms with Gasteiger partial charge in [-0.3, -0.25) is 0 Å². The van der Waals surface area contributed by atoms with E-state index in [0.717, 1.165) is 29.0 Å². The van der Waals surface area contributed by atoms with Crippen molar-refractivity contribution in [2.75, 3.05) is 21.3 Å². The maximum absolute atomic E-state index is 9.34. The Kier molecular flexibility index (Phi) is 5.06. The molecule has 0 spiro atoms. The van der Waals surface area contributed by atoms with Gasteiger partial charge in [-0.05, 0) is 48.9 Å². The third-order valence-corrected chi connectivity index (χ3v) is 3.53. The smallest absolute Gasteiger partial charge is 0.161 e. The second-order valence-electron chi connectivity index (χ2n) is 4.83. The van der Waals surface area contributed by atoms with Gasteiger partial charge in [-0.1, -0.05) is 18.2 Å². The van der Waals surface area contributed by atoms with Crippen LogP contribution < -0.4 is 14.8 Å². The number of phenols is 1. The lowest BCUT2D eigenvalue weighted by Gasteiger charge is -2.18. The van der Waals surface area contributed by atoms with E-state index in [9.17, 15) is 5.11 Å². The highest BCUT2D eigenvalue weighted by molar-refractivity contribution is 5.44. The highest BCUT2D eigenvalue weighted by Gasteiger charge is 2.13. The lowest BCUT2D eigenvalue weighted by atomic mass is 9.98. The maximum Gasteiger partial charge on any atom is 0.161 e. The number of likely N-dealkylation sites (N-methyl/N-ethyl adjacent to an activating group) is 1. The van der Waals surface area contributed by atoms with Gasteiger partial charge in [0.2, 0.25) is 0 Å². The Bertz CT molecular complexity index is 581. The van der Waals surface area contributed by atoms with Gasteiger partial charge < -0.3 is 19.9 Å². The van der Waals surface area contributed by atoms with E-state index in [-0.39, 0.29) is 11.8 Å². The van der Waals surface area contributed by atoms with Crippen molar-refractivity contribution in [1.82, 2.24) is 5.32 Å². The van der Waals surface area contributed by atoms with E-state index in [1.54, 1.807) is 26.4 Å². The fourth-order valence-corrected chi connectivity index (χ4v) is 2.32. The Morgan fingerprint density at radius 1 is 1.00 bits per heavy atom. The van der Waals surface area contributed by atoms with Crippen molar-refractivity contribution >= 4 is 0 Å². The fraction of sp³-hybridized carbons (Fsp3) is 0.294. The second-order valence-corrected chi connectivity index (χ2v) is 4.83. The van der Waals surface area contributed by atoms with E-state index in [2.05, 4.69) is 5.32 Å². The second kappa shape index (κ2) is 6.99. The molecule has 2 aromatic rings. The molecule has 0 heterocycles. The Balaban J connectivity index is 2.22. The SMILES string of the molecule is CNC(Cc1ccc(O)cc1)c1ccc(OC)c(OC)c1. The van der Waals surface area contributed by atoms with Gasteiger partial charge >= 0.3 is 0 Å². The highest BCUT2D eigenvalue weighted by Crippen LogP contribution is 2.31. The summed E-state index contributed by atoms with van der Waals surface area (Å²) in [6, 6.07) is 13.4. The van der Waals surface area contributed by atoms with Gasteiger partial charge in [-0.25, -0.2) is 0 Å². The first-order valence-corrected chi connectivity index (χ1v) is 6.85. The van der Waals surface area contributed by atoms with Crippen LogP contribution >= 0.6 is 0 Å². The van der Waals surface area contributed by atoms with Gasteiger partial charge in [0.15, 0.2) is 11.5 Å². The van der Waals surface area contributed by atoms with E-state index in [1.165, 1.54) is 0 Å². The van der Waals surface area contributed by atoms with Crippen LogP contribution in [0.5, 0.6) is 17.2 Å². The van der Waals surface area contributed by atoms with Crippen molar-refractivity contribution in [3.63, 3.8) is 0 Å². The molecule has 0 fully saturated rings. The number of hydrogen-bond donors (Lipinski definition) is 2. The summed E-state index contributed by atoms with van der Waals surface area (Å²) in [5.41, 5.74) is 2.28. The van der Waals surface area contributed by atoms with Crippen LogP contribution in [0.25, 0.3) is 0 Å². The summed E-state index contributed by atoms with van der Waals surface area (Å²) in [5, 5.41) is 12.7. The first kappa shape index (κ1) is 15.2. The molecule has 0 bridgehead atoms. The Labute approximate surface area is 125 Å². The zero-order valence-corrected chi connectivity index (χ0v) is 12.6. The molecule has 2 N–H and O–H groups in total. The van der Waals surface area contributed by atoms with Crippen LogP contribution in [0.1, 0.15) is 17.2 Å². The van der Waals surface area contributed by atoms with Gasteiger partial charge in [0.25, 0.3) is 0 Å². The number of nitrogens with one attached hydrogen (secondary N) is 1. The number of aromatic hydroxyl groups is 1. The minimum Gasteiger partial charge on any atom is -0.508 e. The molecule has 0 aliphatic heterocycles. The molecule has 0 aliphatic rings. The molecule has 0 aliphatic carbocycles. The number of methoxy groups -OCH3 is 2. The average Bonchev–Trinajstić information content (AvgIpc) is 2.53. The fourth-order valence-electron chi connectivity index (χ4n) is 2.32. The van der Waals surface area contributed by atoms with E-state index >= 15 is 0 Å². The predicted octanol–water partition coefficient (Wildman–Crippen LogP) is 2.91. The summed E-state index contributed by atoms with van der Waals surface area (Å²) < 4.78 is 10.6. The van der Waals surface area contributed by atoms with Crippen LogP contribution in [0.3, 0.4) is 0 Å². The zero-order valence-electron chi connectivity index (χ0n) is 12.6. The van der Waals surface area contributed by atoms with Crippen LogP contribution in [-0.2, 0) is 6.42 Å². The van der Waals surface area contributed by atoms with E-state index in [1.807, 2.05) is 37.4 Å². The van der Waals surface area contributed by atoms with Gasteiger partial charge in [0.05, 0.1) is 14.2 Å². The molecule has 2 rings (SSSR count). The molecule has 0 saturated carbocycles. The topological polar surface area (TPSA) is 50.7 Å². The molecule has 0 amide bonds. The van der Waals surface area contributed by atoms with E-state index in [0.29, 0.717) is 0 Å². The zero-order chi connectivity index (χ0) is 15.2. The predicted molar refractivity (Wildman–Crippen MR) is 83.2 cm³/mol. The number of phenolic OH excluding ortho intramolecular Hbond substituents is 1. The molecule has 0 radical (unpaired) electrons. The van der Waals surface area contributed by atoms with Crippen molar-refractivity contribution in [2.24, 2.45) is 0 Å². The van der Waals surface area contributed by atoms with Crippen LogP contribution in [0.15, 0.2) is 42.5 Å². The molecule has 1 unspecified atom stereocenters. The van der Waals surface area contributed by atoms with Crippen molar-refractivity contribution in [2.45, 2.75) is 12.5 Å². The molecule has 112 valence electrons. The number of benzene rings is 2. The van der Waals surface area contributed by atoms with Crippen molar-refractivity contribution in [1.29, 1.82) is 0 Å². The minimum atomic E-state index is 0.161. The third-order valence-electron chi connectivity index (χ3n) is 3.53. The number of hydrogen-bond acceptors (Lipinski definition) is 4. The molecule has 2 aromatic carbocycles. The quantitative estimate of drug-likeness (QED) is 0.857.